The van der Waals surface area contributed by atoms with Gasteiger partial charge in [0.15, 0.2) is 9.84 Å². The van der Waals surface area contributed by atoms with Gasteiger partial charge in [0.2, 0.25) is 5.91 Å². The number of amides is 1. The Morgan fingerprint density at radius 3 is 2.58 bits per heavy atom. The second-order valence-corrected chi connectivity index (χ2v) is 8.51. The molecule has 1 fully saturated rings. The molecule has 128 valence electrons. The summed E-state index contributed by atoms with van der Waals surface area (Å²) >= 11 is 0. The molecule has 8 nitrogen and oxygen atoms in total. The minimum atomic E-state index is -3.16. The standard InChI is InChI=1S/C15H17N3O5S/c1-15(6-7-24(22,23)9-15)16-12(19)8-18-14(21)11-5-3-2-4-10(11)13(20)17-18/h2-5H,6-9H2,1H3,(H,16,19)(H,17,20)/t15-/m1/s1. The van der Waals surface area contributed by atoms with Crippen molar-refractivity contribution >= 4 is 26.5 Å². The van der Waals surface area contributed by atoms with Crippen LogP contribution in [0.15, 0.2) is 33.9 Å². The Kier molecular flexibility index (Phi) is 3.83. The number of nitrogens with zero attached hydrogens (tertiary/aromatic N) is 1. The third-order valence-electron chi connectivity index (χ3n) is 4.13. The van der Waals surface area contributed by atoms with Crippen LogP contribution in [0.5, 0.6) is 0 Å². The van der Waals surface area contributed by atoms with E-state index in [0.717, 1.165) is 4.68 Å². The number of benzene rings is 1. The predicted octanol–water partition coefficient (Wildman–Crippen LogP) is -0.617. The normalized spacial score (nSPS) is 22.5. The van der Waals surface area contributed by atoms with Gasteiger partial charge in [0.1, 0.15) is 6.54 Å². The number of carbonyl (C=O) groups is 1. The highest BCUT2D eigenvalue weighted by Gasteiger charge is 2.39. The lowest BCUT2D eigenvalue weighted by Gasteiger charge is -2.24. The number of H-pyrrole nitrogens is 1. The van der Waals surface area contributed by atoms with E-state index in [0.29, 0.717) is 6.42 Å². The summed E-state index contributed by atoms with van der Waals surface area (Å²) in [5.41, 5.74) is -1.80. The average molecular weight is 351 g/mol. The molecule has 0 radical (unpaired) electrons. The van der Waals surface area contributed by atoms with E-state index in [9.17, 15) is 22.8 Å². The first-order chi connectivity index (χ1) is 11.2. The maximum atomic E-state index is 12.4. The van der Waals surface area contributed by atoms with Crippen molar-refractivity contribution in [3.8, 4) is 0 Å². The summed E-state index contributed by atoms with van der Waals surface area (Å²) in [5.74, 6) is -0.631. The maximum absolute atomic E-state index is 12.4. The minimum absolute atomic E-state index is 0.0243. The number of aromatic amines is 1. The van der Waals surface area contributed by atoms with E-state index in [4.69, 9.17) is 0 Å². The molecule has 1 aromatic heterocycles. The molecule has 24 heavy (non-hydrogen) atoms. The van der Waals surface area contributed by atoms with E-state index < -0.39 is 32.4 Å². The number of hydrogen-bond donors (Lipinski definition) is 2. The average Bonchev–Trinajstić information content (AvgIpc) is 2.77. The molecule has 0 spiro atoms. The summed E-state index contributed by atoms with van der Waals surface area (Å²) in [6.45, 7) is 1.27. The SMILES string of the molecule is C[C@@]1(NC(=O)Cn2[nH]c(=O)c3ccccc3c2=O)CCS(=O)(=O)C1. The Labute approximate surface area is 137 Å². The van der Waals surface area contributed by atoms with Gasteiger partial charge in [-0.3, -0.25) is 19.5 Å². The molecule has 1 saturated heterocycles. The monoisotopic (exact) mass is 351 g/mol. The molecule has 9 heteroatoms. The minimum Gasteiger partial charge on any atom is -0.348 e. The van der Waals surface area contributed by atoms with Gasteiger partial charge in [0.25, 0.3) is 11.1 Å². The van der Waals surface area contributed by atoms with Crippen LogP contribution in [0.4, 0.5) is 0 Å². The van der Waals surface area contributed by atoms with Crippen LogP contribution in [-0.4, -0.2) is 41.2 Å². The van der Waals surface area contributed by atoms with Crippen molar-refractivity contribution in [3.63, 3.8) is 0 Å². The van der Waals surface area contributed by atoms with Crippen LogP contribution in [-0.2, 0) is 21.2 Å². The molecule has 1 aliphatic heterocycles. The van der Waals surface area contributed by atoms with E-state index in [1.165, 1.54) is 12.1 Å². The van der Waals surface area contributed by atoms with Gasteiger partial charge in [-0.15, -0.1) is 0 Å². The van der Waals surface area contributed by atoms with Crippen LogP contribution in [0.1, 0.15) is 13.3 Å². The summed E-state index contributed by atoms with van der Waals surface area (Å²) < 4.78 is 24.1. The molecule has 2 aromatic rings. The Hall–Kier alpha value is -2.42. The van der Waals surface area contributed by atoms with Crippen LogP contribution in [0.2, 0.25) is 0 Å². The molecule has 3 rings (SSSR count). The smallest absolute Gasteiger partial charge is 0.273 e. The molecule has 2 N–H and O–H groups in total. The number of carbonyl (C=O) groups excluding carboxylic acids is 1. The zero-order chi connectivity index (χ0) is 17.5. The summed E-state index contributed by atoms with van der Waals surface area (Å²) in [5, 5.41) is 5.51. The molecule has 1 amide bonds. The van der Waals surface area contributed by atoms with Gasteiger partial charge >= 0.3 is 0 Å². The Morgan fingerprint density at radius 1 is 1.29 bits per heavy atom. The van der Waals surface area contributed by atoms with Gasteiger partial charge in [-0.05, 0) is 25.5 Å². The van der Waals surface area contributed by atoms with E-state index in [1.54, 1.807) is 19.1 Å². The molecule has 1 aliphatic rings. The fourth-order valence-corrected chi connectivity index (χ4v) is 5.08. The van der Waals surface area contributed by atoms with Gasteiger partial charge in [-0.1, -0.05) is 12.1 Å². The zero-order valence-corrected chi connectivity index (χ0v) is 13.9. The highest BCUT2D eigenvalue weighted by Crippen LogP contribution is 2.22. The molecular formula is C15H17N3O5S. The molecule has 0 unspecified atom stereocenters. The van der Waals surface area contributed by atoms with Crippen molar-refractivity contribution in [1.82, 2.24) is 15.1 Å². The van der Waals surface area contributed by atoms with Gasteiger partial charge in [-0.2, -0.15) is 0 Å². The van der Waals surface area contributed by atoms with E-state index in [-0.39, 0.29) is 28.8 Å². The molecule has 1 atom stereocenters. The Morgan fingerprint density at radius 2 is 1.96 bits per heavy atom. The van der Waals surface area contributed by atoms with Crippen molar-refractivity contribution in [1.29, 1.82) is 0 Å². The Bertz CT molecular complexity index is 1040. The quantitative estimate of drug-likeness (QED) is 0.764. The first-order valence-corrected chi connectivity index (χ1v) is 9.25. The van der Waals surface area contributed by atoms with Crippen LogP contribution in [0, 0.1) is 0 Å². The second kappa shape index (κ2) is 5.59. The first-order valence-electron chi connectivity index (χ1n) is 7.42. The molecular weight excluding hydrogens is 334 g/mol. The second-order valence-electron chi connectivity index (χ2n) is 6.33. The summed E-state index contributed by atoms with van der Waals surface area (Å²) in [6.07, 6.45) is 0.324. The molecule has 0 saturated carbocycles. The number of sulfone groups is 1. The van der Waals surface area contributed by atoms with Crippen molar-refractivity contribution in [3.05, 3.63) is 45.0 Å². The predicted molar refractivity (Wildman–Crippen MR) is 88.6 cm³/mol. The number of aromatic nitrogens is 2. The molecule has 1 aromatic carbocycles. The summed E-state index contributed by atoms with van der Waals surface area (Å²) in [6, 6.07) is 6.34. The Balaban J connectivity index is 1.85. The number of rotatable bonds is 3. The third-order valence-corrected chi connectivity index (χ3v) is 6.03. The molecule has 0 bridgehead atoms. The van der Waals surface area contributed by atoms with Crippen LogP contribution >= 0.6 is 0 Å². The van der Waals surface area contributed by atoms with Crippen LogP contribution in [0.25, 0.3) is 10.8 Å². The van der Waals surface area contributed by atoms with Crippen molar-refractivity contribution < 1.29 is 13.2 Å². The highest BCUT2D eigenvalue weighted by molar-refractivity contribution is 7.91. The molecule has 2 heterocycles. The fraction of sp³-hybridized carbons (Fsp3) is 0.400. The van der Waals surface area contributed by atoms with Gasteiger partial charge in [0, 0.05) is 0 Å². The van der Waals surface area contributed by atoms with Crippen LogP contribution < -0.4 is 16.4 Å². The third kappa shape index (κ3) is 3.12. The van der Waals surface area contributed by atoms with Crippen molar-refractivity contribution in [2.75, 3.05) is 11.5 Å². The van der Waals surface area contributed by atoms with Gasteiger partial charge in [0.05, 0.1) is 27.8 Å². The number of nitrogens with one attached hydrogen (secondary N) is 2. The van der Waals surface area contributed by atoms with Gasteiger partial charge < -0.3 is 5.32 Å². The largest absolute Gasteiger partial charge is 0.348 e. The van der Waals surface area contributed by atoms with Crippen molar-refractivity contribution in [2.24, 2.45) is 0 Å². The van der Waals surface area contributed by atoms with Crippen LogP contribution in [0.3, 0.4) is 0 Å². The molecule has 0 aliphatic carbocycles. The fourth-order valence-electron chi connectivity index (χ4n) is 2.99. The highest BCUT2D eigenvalue weighted by atomic mass is 32.2. The first kappa shape index (κ1) is 16.4. The lowest BCUT2D eigenvalue weighted by molar-refractivity contribution is -0.123. The van der Waals surface area contributed by atoms with Crippen molar-refractivity contribution in [2.45, 2.75) is 25.4 Å². The summed E-state index contributed by atoms with van der Waals surface area (Å²) in [4.78, 5) is 36.5. The lowest BCUT2D eigenvalue weighted by Crippen LogP contribution is -2.49. The van der Waals surface area contributed by atoms with Gasteiger partial charge in [-0.25, -0.2) is 13.1 Å². The van der Waals surface area contributed by atoms with E-state index in [1.807, 2.05) is 0 Å². The topological polar surface area (TPSA) is 118 Å². The number of fused-ring (bicyclic) bond motifs is 1. The maximum Gasteiger partial charge on any atom is 0.273 e. The lowest BCUT2D eigenvalue weighted by atomic mass is 10.0. The number of hydrogen-bond acceptors (Lipinski definition) is 5. The van der Waals surface area contributed by atoms with E-state index >= 15 is 0 Å². The summed E-state index contributed by atoms with van der Waals surface area (Å²) in [7, 11) is -3.16. The zero-order valence-electron chi connectivity index (χ0n) is 13.0. The van der Waals surface area contributed by atoms with E-state index in [2.05, 4.69) is 10.4 Å².